The minimum absolute atomic E-state index is 0. The molecular weight excluding hydrogens is 428 g/mol. The van der Waals surface area contributed by atoms with Crippen molar-refractivity contribution in [3.05, 3.63) is 81.9 Å². The van der Waals surface area contributed by atoms with E-state index in [1.165, 1.54) is 16.5 Å². The van der Waals surface area contributed by atoms with E-state index >= 15 is 0 Å². The predicted molar refractivity (Wildman–Crippen MR) is 118 cm³/mol. The van der Waals surface area contributed by atoms with Gasteiger partial charge in [-0.2, -0.15) is 0 Å². The zero-order chi connectivity index (χ0) is 17.2. The molecule has 0 radical (unpaired) electrons. The van der Waals surface area contributed by atoms with Crippen molar-refractivity contribution in [2.75, 3.05) is 0 Å². The van der Waals surface area contributed by atoms with Gasteiger partial charge in [0.05, 0.1) is 11.4 Å². The fraction of sp³-hybridized carbons (Fsp3) is 0.0952. The average Bonchev–Trinajstić information content (AvgIpc) is 3.05. The largest absolute Gasteiger partial charge is 0.317 e. The predicted octanol–water partition coefficient (Wildman–Crippen LogP) is 6.85. The van der Waals surface area contributed by atoms with Gasteiger partial charge in [0.25, 0.3) is 0 Å². The van der Waals surface area contributed by atoms with Gasteiger partial charge in [0, 0.05) is 22.3 Å². The summed E-state index contributed by atoms with van der Waals surface area (Å²) in [4.78, 5) is 5.96. The second kappa shape index (κ2) is 8.21. The normalized spacial score (nSPS) is 11.5. The van der Waals surface area contributed by atoms with E-state index in [0.717, 1.165) is 27.6 Å². The Bertz CT molecular complexity index is 1090. The van der Waals surface area contributed by atoms with Gasteiger partial charge >= 0.3 is 0 Å². The highest BCUT2D eigenvalue weighted by Crippen LogP contribution is 2.26. The third-order valence-electron chi connectivity index (χ3n) is 4.24. The Morgan fingerprint density at radius 2 is 1.69 bits per heavy atom. The first kappa shape index (κ1) is 18.9. The number of fused-ring (bicyclic) bond motifs is 1. The first-order valence-electron chi connectivity index (χ1n) is 8.23. The monoisotopic (exact) mass is 444 g/mol. The van der Waals surface area contributed by atoms with Crippen LogP contribution < -0.4 is 4.80 Å². The number of halogens is 2. The maximum Gasteiger partial charge on any atom is 0.190 e. The van der Waals surface area contributed by atoms with Crippen molar-refractivity contribution < 1.29 is 0 Å². The number of nitrogens with zero attached hydrogens (tertiary/aromatic N) is 2. The van der Waals surface area contributed by atoms with Crippen molar-refractivity contribution in [3.8, 4) is 11.3 Å². The molecule has 0 unspecified atom stereocenters. The van der Waals surface area contributed by atoms with Crippen LogP contribution in [0.2, 0.25) is 5.02 Å². The zero-order valence-corrected chi connectivity index (χ0v) is 17.5. The number of rotatable bonds is 3. The highest BCUT2D eigenvalue weighted by molar-refractivity contribution is 8.93. The summed E-state index contributed by atoms with van der Waals surface area (Å²) in [5.74, 6) is 0. The molecule has 26 heavy (non-hydrogen) atoms. The second-order valence-electron chi connectivity index (χ2n) is 5.76. The van der Waals surface area contributed by atoms with Crippen molar-refractivity contribution in [1.82, 2.24) is 4.57 Å². The van der Waals surface area contributed by atoms with Gasteiger partial charge in [-0.05, 0) is 36.1 Å². The summed E-state index contributed by atoms with van der Waals surface area (Å²) in [7, 11) is 0. The van der Waals surface area contributed by atoms with Gasteiger partial charge in [-0.25, -0.2) is 4.99 Å². The summed E-state index contributed by atoms with van der Waals surface area (Å²) in [5, 5.41) is 5.30. The van der Waals surface area contributed by atoms with E-state index in [9.17, 15) is 0 Å². The van der Waals surface area contributed by atoms with Crippen LogP contribution in [0.25, 0.3) is 22.0 Å². The maximum atomic E-state index is 6.02. The highest BCUT2D eigenvalue weighted by Gasteiger charge is 2.07. The van der Waals surface area contributed by atoms with E-state index in [1.54, 1.807) is 11.3 Å². The lowest BCUT2D eigenvalue weighted by Gasteiger charge is -2.07. The molecule has 0 fully saturated rings. The lowest BCUT2D eigenvalue weighted by Crippen LogP contribution is -2.14. The Morgan fingerprint density at radius 3 is 2.46 bits per heavy atom. The number of aromatic nitrogens is 1. The molecular formula is C21H18BrClN2S. The molecule has 0 bridgehead atoms. The van der Waals surface area contributed by atoms with Gasteiger partial charge < -0.3 is 4.57 Å². The molecule has 1 aromatic heterocycles. The first-order chi connectivity index (χ1) is 12.3. The van der Waals surface area contributed by atoms with Gasteiger partial charge in [0.15, 0.2) is 4.80 Å². The topological polar surface area (TPSA) is 17.3 Å². The van der Waals surface area contributed by atoms with Crippen LogP contribution in [0.3, 0.4) is 0 Å². The molecule has 3 aromatic carbocycles. The van der Waals surface area contributed by atoms with Crippen LogP contribution in [0.5, 0.6) is 0 Å². The summed E-state index contributed by atoms with van der Waals surface area (Å²) in [6.45, 7) is 3.01. The van der Waals surface area contributed by atoms with Gasteiger partial charge in [-0.3, -0.25) is 0 Å². The molecule has 2 nitrogen and oxygen atoms in total. The molecule has 0 aliphatic carbocycles. The standard InChI is InChI=1S/C21H17ClN2S.BrH/c1-2-24-20(16-10-12-17(22)13-11-16)14-25-21(24)23-19-9-5-7-15-6-3-4-8-18(15)19;/h3-14H,2H2,1H3;1H. The fourth-order valence-electron chi connectivity index (χ4n) is 2.98. The molecule has 0 spiro atoms. The van der Waals surface area contributed by atoms with Gasteiger partial charge in [-0.1, -0.05) is 60.1 Å². The van der Waals surface area contributed by atoms with Crippen LogP contribution in [0, 0.1) is 0 Å². The zero-order valence-electron chi connectivity index (χ0n) is 14.2. The highest BCUT2D eigenvalue weighted by atomic mass is 79.9. The summed E-state index contributed by atoms with van der Waals surface area (Å²) >= 11 is 7.68. The average molecular weight is 446 g/mol. The number of hydrogen-bond acceptors (Lipinski definition) is 2. The van der Waals surface area contributed by atoms with Gasteiger partial charge in [-0.15, -0.1) is 28.3 Å². The van der Waals surface area contributed by atoms with Crippen molar-refractivity contribution in [2.45, 2.75) is 13.5 Å². The molecule has 0 saturated heterocycles. The molecule has 0 atom stereocenters. The van der Waals surface area contributed by atoms with Crippen molar-refractivity contribution >= 4 is 56.4 Å². The van der Waals surface area contributed by atoms with Crippen LogP contribution in [0.1, 0.15) is 6.92 Å². The van der Waals surface area contributed by atoms with Crippen molar-refractivity contribution in [2.24, 2.45) is 4.99 Å². The Labute approximate surface area is 172 Å². The summed E-state index contributed by atoms with van der Waals surface area (Å²) < 4.78 is 2.25. The second-order valence-corrected chi connectivity index (χ2v) is 7.04. The minimum Gasteiger partial charge on any atom is -0.317 e. The lowest BCUT2D eigenvalue weighted by atomic mass is 10.1. The van der Waals surface area contributed by atoms with E-state index in [4.69, 9.17) is 16.6 Å². The minimum atomic E-state index is 0. The molecule has 0 aliphatic heterocycles. The number of benzene rings is 3. The molecule has 1 heterocycles. The molecule has 4 aromatic rings. The quantitative estimate of drug-likeness (QED) is 0.328. The molecule has 0 N–H and O–H groups in total. The van der Waals surface area contributed by atoms with Gasteiger partial charge in [0.2, 0.25) is 0 Å². The molecule has 0 saturated carbocycles. The molecule has 4 rings (SSSR count). The van der Waals surface area contributed by atoms with Crippen LogP contribution >= 0.6 is 39.9 Å². The fourth-order valence-corrected chi connectivity index (χ4v) is 4.10. The van der Waals surface area contributed by atoms with E-state index in [0.29, 0.717) is 0 Å². The Hall–Kier alpha value is -1.88. The van der Waals surface area contributed by atoms with Crippen LogP contribution in [-0.4, -0.2) is 4.57 Å². The molecule has 0 amide bonds. The van der Waals surface area contributed by atoms with E-state index in [-0.39, 0.29) is 17.0 Å². The van der Waals surface area contributed by atoms with E-state index in [1.807, 2.05) is 12.1 Å². The van der Waals surface area contributed by atoms with Crippen LogP contribution in [-0.2, 0) is 6.54 Å². The first-order valence-corrected chi connectivity index (χ1v) is 9.49. The Kier molecular flexibility index (Phi) is 5.97. The summed E-state index contributed by atoms with van der Waals surface area (Å²) in [5.41, 5.74) is 3.33. The van der Waals surface area contributed by atoms with Crippen molar-refractivity contribution in [1.29, 1.82) is 0 Å². The van der Waals surface area contributed by atoms with Gasteiger partial charge in [0.1, 0.15) is 0 Å². The number of thiazole rings is 1. The SMILES string of the molecule is Br.CCn1c(-c2ccc(Cl)cc2)csc1=Nc1cccc2ccccc12. The summed E-state index contributed by atoms with van der Waals surface area (Å²) in [6, 6.07) is 22.6. The van der Waals surface area contributed by atoms with E-state index < -0.39 is 0 Å². The third-order valence-corrected chi connectivity index (χ3v) is 5.35. The van der Waals surface area contributed by atoms with Crippen molar-refractivity contribution in [3.63, 3.8) is 0 Å². The van der Waals surface area contributed by atoms with Crippen LogP contribution in [0.15, 0.2) is 77.1 Å². The third kappa shape index (κ3) is 3.63. The lowest BCUT2D eigenvalue weighted by molar-refractivity contribution is 0.745. The molecule has 0 aliphatic rings. The number of hydrogen-bond donors (Lipinski definition) is 0. The van der Waals surface area contributed by atoms with E-state index in [2.05, 4.69) is 71.5 Å². The van der Waals surface area contributed by atoms with Crippen LogP contribution in [0.4, 0.5) is 5.69 Å². The smallest absolute Gasteiger partial charge is 0.190 e. The maximum absolute atomic E-state index is 6.02. The molecule has 5 heteroatoms. The Morgan fingerprint density at radius 1 is 0.962 bits per heavy atom. The summed E-state index contributed by atoms with van der Waals surface area (Å²) in [6.07, 6.45) is 0. The Balaban J connectivity index is 0.00000196. The molecule has 132 valence electrons.